The highest BCUT2D eigenvalue weighted by molar-refractivity contribution is 5.97. The Balaban J connectivity index is 0.00000380. The number of piperidine rings is 3. The molecule has 0 radical (unpaired) electrons. The summed E-state index contributed by atoms with van der Waals surface area (Å²) in [6, 6.07) is 17.1. The quantitative estimate of drug-likeness (QED) is 0.228. The lowest BCUT2D eigenvalue weighted by atomic mass is 9.82. The third kappa shape index (κ3) is 7.04. The molecule has 3 saturated heterocycles. The first-order chi connectivity index (χ1) is 17.4. The van der Waals surface area contributed by atoms with E-state index >= 15 is 0 Å². The Morgan fingerprint density at radius 2 is 1.59 bits per heavy atom. The summed E-state index contributed by atoms with van der Waals surface area (Å²) in [6.07, 6.45) is 0.950. The average Bonchev–Trinajstić information content (AvgIpc) is 2.89. The number of nitrogens with one attached hydrogen (secondary N) is 1. The number of nitrogens with zero attached hydrogens (tertiary/aromatic N) is 1. The standard InChI is InChI=1S/C28H32N2O6.CH4/c1-2-35-26(33)17-25(32)29-27(22-11-7-4-8-12-22)28(34)36-24-19-30(15-13-21(24)14-16-30)18-23(31)20-9-5-3-6-10-20;/h3-12,21,24,27H,2,13-19H2,1H3;1H4/p+1/t21?,24-,27?,30?;/m0./s1. The van der Waals surface area contributed by atoms with Crippen molar-refractivity contribution >= 4 is 23.6 Å². The maximum atomic E-state index is 13.4. The molecule has 37 heavy (non-hydrogen) atoms. The Morgan fingerprint density at radius 1 is 0.973 bits per heavy atom. The normalized spacial score (nSPS) is 22.7. The Bertz CT molecular complexity index is 1080. The van der Waals surface area contributed by atoms with E-state index in [-0.39, 0.29) is 31.8 Å². The van der Waals surface area contributed by atoms with E-state index < -0.39 is 30.3 Å². The lowest BCUT2D eigenvalue weighted by molar-refractivity contribution is -0.938. The number of hydrogen-bond donors (Lipinski definition) is 1. The van der Waals surface area contributed by atoms with E-state index in [1.165, 1.54) is 0 Å². The smallest absolute Gasteiger partial charge is 0.333 e. The summed E-state index contributed by atoms with van der Waals surface area (Å²) < 4.78 is 11.5. The van der Waals surface area contributed by atoms with Gasteiger partial charge < -0.3 is 19.3 Å². The number of hydrogen-bond acceptors (Lipinski definition) is 6. The molecule has 3 heterocycles. The van der Waals surface area contributed by atoms with Crippen molar-refractivity contribution in [1.29, 1.82) is 0 Å². The van der Waals surface area contributed by atoms with Crippen molar-refractivity contribution in [2.45, 2.75) is 45.8 Å². The molecule has 198 valence electrons. The van der Waals surface area contributed by atoms with Crippen molar-refractivity contribution in [3.8, 4) is 0 Å². The minimum absolute atomic E-state index is 0. The van der Waals surface area contributed by atoms with Crippen molar-refractivity contribution in [3.05, 3.63) is 71.8 Å². The molecule has 1 N–H and O–H groups in total. The van der Waals surface area contributed by atoms with Gasteiger partial charge in [0.05, 0.1) is 19.7 Å². The van der Waals surface area contributed by atoms with Crippen LogP contribution in [0.5, 0.6) is 0 Å². The summed E-state index contributed by atoms with van der Waals surface area (Å²) in [4.78, 5) is 50.5. The van der Waals surface area contributed by atoms with Crippen LogP contribution >= 0.6 is 0 Å². The van der Waals surface area contributed by atoms with Crippen LogP contribution in [-0.4, -0.2) is 67.0 Å². The predicted molar refractivity (Wildman–Crippen MR) is 138 cm³/mol. The van der Waals surface area contributed by atoms with Crippen LogP contribution in [0, 0.1) is 5.92 Å². The number of esters is 2. The number of benzene rings is 2. The van der Waals surface area contributed by atoms with Gasteiger partial charge in [-0.1, -0.05) is 68.1 Å². The summed E-state index contributed by atoms with van der Waals surface area (Å²) in [7, 11) is 0. The molecule has 8 nitrogen and oxygen atoms in total. The van der Waals surface area contributed by atoms with Gasteiger partial charge in [-0.15, -0.1) is 0 Å². The van der Waals surface area contributed by atoms with E-state index in [0.29, 0.717) is 28.7 Å². The molecule has 5 rings (SSSR count). The van der Waals surface area contributed by atoms with Crippen LogP contribution in [0.2, 0.25) is 0 Å². The van der Waals surface area contributed by atoms with Gasteiger partial charge in [0.2, 0.25) is 11.7 Å². The number of ketones is 1. The fourth-order valence-corrected chi connectivity index (χ4v) is 5.29. The number of amides is 1. The van der Waals surface area contributed by atoms with Crippen LogP contribution in [-0.2, 0) is 23.9 Å². The number of ether oxygens (including phenoxy) is 2. The highest BCUT2D eigenvalue weighted by Crippen LogP contribution is 2.36. The maximum Gasteiger partial charge on any atom is 0.333 e. The predicted octanol–water partition coefficient (Wildman–Crippen LogP) is 3.47. The topological polar surface area (TPSA) is 98.8 Å². The monoisotopic (exact) mass is 509 g/mol. The van der Waals surface area contributed by atoms with E-state index in [9.17, 15) is 19.2 Å². The van der Waals surface area contributed by atoms with Gasteiger partial charge in [0.15, 0.2) is 12.1 Å². The molecule has 0 aromatic heterocycles. The van der Waals surface area contributed by atoms with Gasteiger partial charge in [0.1, 0.15) is 19.5 Å². The summed E-state index contributed by atoms with van der Waals surface area (Å²) >= 11 is 0. The van der Waals surface area contributed by atoms with E-state index in [1.54, 1.807) is 31.2 Å². The number of fused-ring (bicyclic) bond motifs is 3. The van der Waals surface area contributed by atoms with E-state index in [4.69, 9.17) is 9.47 Å². The van der Waals surface area contributed by atoms with Gasteiger partial charge in [0.25, 0.3) is 0 Å². The molecule has 3 fully saturated rings. The lowest BCUT2D eigenvalue weighted by Crippen LogP contribution is -2.66. The zero-order chi connectivity index (χ0) is 25.5. The molecule has 0 saturated carbocycles. The zero-order valence-corrected chi connectivity index (χ0v) is 20.6. The molecule has 2 aromatic rings. The molecule has 3 aliphatic rings. The molecule has 2 atom stereocenters. The maximum absolute atomic E-state index is 13.4. The van der Waals surface area contributed by atoms with Crippen LogP contribution in [0.15, 0.2) is 60.7 Å². The third-order valence-corrected chi connectivity index (χ3v) is 7.17. The third-order valence-electron chi connectivity index (χ3n) is 7.17. The van der Waals surface area contributed by atoms with Crippen molar-refractivity contribution < 1.29 is 33.1 Å². The molecule has 0 aliphatic carbocycles. The van der Waals surface area contributed by atoms with Crippen molar-refractivity contribution in [3.63, 3.8) is 0 Å². The minimum atomic E-state index is -1.04. The number of Topliss-reactive ketones (excluding diaryl/α,β-unsaturated/α-hetero) is 1. The van der Waals surface area contributed by atoms with Gasteiger partial charge in [-0.05, 0) is 12.5 Å². The first-order valence-electron chi connectivity index (χ1n) is 12.5. The lowest BCUT2D eigenvalue weighted by Gasteiger charge is -2.51. The van der Waals surface area contributed by atoms with E-state index in [2.05, 4.69) is 5.32 Å². The largest absolute Gasteiger partial charge is 0.466 e. The summed E-state index contributed by atoms with van der Waals surface area (Å²) in [5.41, 5.74) is 1.27. The molecule has 1 unspecified atom stereocenters. The number of quaternary nitrogens is 1. The summed E-state index contributed by atoms with van der Waals surface area (Å²) in [5.74, 6) is -1.50. The fraction of sp³-hybridized carbons (Fsp3) is 0.448. The second-order valence-corrected chi connectivity index (χ2v) is 9.62. The van der Waals surface area contributed by atoms with Crippen LogP contribution in [0.3, 0.4) is 0 Å². The first kappa shape index (κ1) is 28.1. The molecule has 8 heteroatoms. The number of rotatable bonds is 10. The van der Waals surface area contributed by atoms with Gasteiger partial charge in [-0.3, -0.25) is 14.4 Å². The summed E-state index contributed by atoms with van der Waals surface area (Å²) in [6.45, 7) is 4.56. The van der Waals surface area contributed by atoms with E-state index in [0.717, 1.165) is 25.9 Å². The van der Waals surface area contributed by atoms with Crippen LogP contribution in [0.1, 0.15) is 55.6 Å². The molecule has 2 bridgehead atoms. The number of carbonyl (C=O) groups excluding carboxylic acids is 4. The molecular formula is C29H37N2O6+. The van der Waals surface area contributed by atoms with Gasteiger partial charge in [0, 0.05) is 24.3 Å². The number of carbonyl (C=O) groups is 4. The highest BCUT2D eigenvalue weighted by Gasteiger charge is 2.49. The SMILES string of the molecule is C.CCOC(=O)CC(=O)NC(C(=O)O[C@H]1C[N+]2(CC(=O)c3ccccc3)CCC1CC2)c1ccccc1. The van der Waals surface area contributed by atoms with Crippen molar-refractivity contribution in [2.24, 2.45) is 5.92 Å². The molecule has 2 aromatic carbocycles. The Labute approximate surface area is 218 Å². The van der Waals surface area contributed by atoms with Gasteiger partial charge >= 0.3 is 11.9 Å². The van der Waals surface area contributed by atoms with E-state index in [1.807, 2.05) is 36.4 Å². The van der Waals surface area contributed by atoms with Gasteiger partial charge in [-0.2, -0.15) is 0 Å². The second kappa shape index (κ2) is 12.6. The van der Waals surface area contributed by atoms with Crippen LogP contribution in [0.4, 0.5) is 0 Å². The zero-order valence-electron chi connectivity index (χ0n) is 20.6. The average molecular weight is 510 g/mol. The minimum Gasteiger partial charge on any atom is -0.466 e. The first-order valence-corrected chi connectivity index (χ1v) is 12.5. The Kier molecular flexibility index (Phi) is 9.58. The second-order valence-electron chi connectivity index (χ2n) is 9.62. The fourth-order valence-electron chi connectivity index (χ4n) is 5.29. The molecule has 0 spiro atoms. The van der Waals surface area contributed by atoms with Crippen molar-refractivity contribution in [2.75, 3.05) is 32.8 Å². The van der Waals surface area contributed by atoms with Crippen molar-refractivity contribution in [1.82, 2.24) is 5.32 Å². The molecule has 1 amide bonds. The Morgan fingerprint density at radius 3 is 2.22 bits per heavy atom. The van der Waals surface area contributed by atoms with Crippen LogP contribution < -0.4 is 5.32 Å². The molecule has 3 aliphatic heterocycles. The van der Waals surface area contributed by atoms with Crippen LogP contribution in [0.25, 0.3) is 0 Å². The summed E-state index contributed by atoms with van der Waals surface area (Å²) in [5, 5.41) is 2.65. The Hall–Kier alpha value is -3.52. The van der Waals surface area contributed by atoms with Gasteiger partial charge in [-0.25, -0.2) is 4.79 Å². The molecular weight excluding hydrogens is 472 g/mol. The highest BCUT2D eigenvalue weighted by atomic mass is 16.5.